The Morgan fingerprint density at radius 3 is 2.58 bits per heavy atom. The van der Waals surface area contributed by atoms with Gasteiger partial charge in [-0.15, -0.1) is 0 Å². The normalized spacial score (nSPS) is 15.5. The summed E-state index contributed by atoms with van der Waals surface area (Å²) >= 11 is 0. The van der Waals surface area contributed by atoms with Crippen LogP contribution in [0.4, 0.5) is 10.1 Å². The van der Waals surface area contributed by atoms with Gasteiger partial charge in [-0.1, -0.05) is 11.8 Å². The van der Waals surface area contributed by atoms with E-state index in [0.29, 0.717) is 9.87 Å². The lowest BCUT2D eigenvalue weighted by molar-refractivity contribution is -0.117. The van der Waals surface area contributed by atoms with Gasteiger partial charge in [0, 0.05) is 12.4 Å². The molecule has 1 amide bonds. The van der Waals surface area contributed by atoms with Crippen molar-refractivity contribution >= 4 is 21.8 Å². The zero-order chi connectivity index (χ0) is 17.3. The van der Waals surface area contributed by atoms with Crippen molar-refractivity contribution in [1.82, 2.24) is 14.7 Å². The van der Waals surface area contributed by atoms with Gasteiger partial charge in [-0.05, 0) is 12.1 Å². The summed E-state index contributed by atoms with van der Waals surface area (Å²) < 4.78 is 40.4. The molecule has 1 aliphatic rings. The molecule has 1 aromatic heterocycles. The zero-order valence-electron chi connectivity index (χ0n) is 11.9. The highest BCUT2D eigenvalue weighted by molar-refractivity contribution is 7.92. The van der Waals surface area contributed by atoms with Crippen LogP contribution in [0.5, 0.6) is 5.75 Å². The SMILES string of the molecule is O=C1CN(c2c(O)ccc(C#Cc3cncnc3)c2F)S(=O)(=O)N1. The van der Waals surface area contributed by atoms with E-state index in [2.05, 4.69) is 21.8 Å². The third-order valence-corrected chi connectivity index (χ3v) is 4.44. The van der Waals surface area contributed by atoms with E-state index in [0.717, 1.165) is 6.07 Å². The van der Waals surface area contributed by atoms with Crippen molar-refractivity contribution in [2.24, 2.45) is 0 Å². The van der Waals surface area contributed by atoms with E-state index in [1.54, 1.807) is 4.72 Å². The molecule has 1 aliphatic heterocycles. The van der Waals surface area contributed by atoms with Gasteiger partial charge in [0.25, 0.3) is 5.91 Å². The largest absolute Gasteiger partial charge is 0.506 e. The minimum Gasteiger partial charge on any atom is -0.506 e. The molecule has 10 heteroatoms. The van der Waals surface area contributed by atoms with E-state index < -0.39 is 39.9 Å². The van der Waals surface area contributed by atoms with Crippen molar-refractivity contribution in [1.29, 1.82) is 0 Å². The summed E-state index contributed by atoms with van der Waals surface area (Å²) in [6.07, 6.45) is 4.16. The molecule has 1 saturated heterocycles. The Morgan fingerprint density at radius 1 is 1.25 bits per heavy atom. The molecule has 0 saturated carbocycles. The molecule has 2 heterocycles. The number of anilines is 1. The Kier molecular flexibility index (Phi) is 3.78. The summed E-state index contributed by atoms with van der Waals surface area (Å²) in [6, 6.07) is 2.30. The highest BCUT2D eigenvalue weighted by Gasteiger charge is 2.37. The lowest BCUT2D eigenvalue weighted by Gasteiger charge is -2.17. The Hall–Kier alpha value is -3.19. The van der Waals surface area contributed by atoms with Crippen molar-refractivity contribution in [3.8, 4) is 17.6 Å². The number of phenols is 1. The second-order valence-corrected chi connectivity index (χ2v) is 6.30. The van der Waals surface area contributed by atoms with Crippen molar-refractivity contribution in [2.45, 2.75) is 0 Å². The highest BCUT2D eigenvalue weighted by Crippen LogP contribution is 2.34. The van der Waals surface area contributed by atoms with E-state index in [1.807, 2.05) is 0 Å². The van der Waals surface area contributed by atoms with Crippen molar-refractivity contribution < 1.29 is 22.7 Å². The van der Waals surface area contributed by atoms with Gasteiger partial charge in [0.2, 0.25) is 0 Å². The predicted molar refractivity (Wildman–Crippen MR) is 80.5 cm³/mol. The molecule has 0 bridgehead atoms. The van der Waals surface area contributed by atoms with Crippen LogP contribution in [0.1, 0.15) is 11.1 Å². The maximum absolute atomic E-state index is 14.6. The molecular weight excluding hydrogens is 339 g/mol. The molecule has 1 fully saturated rings. The summed E-state index contributed by atoms with van der Waals surface area (Å²) in [5.74, 6) is 2.63. The smallest absolute Gasteiger partial charge is 0.326 e. The van der Waals surface area contributed by atoms with E-state index >= 15 is 0 Å². The number of phenolic OH excluding ortho intramolecular Hbond substituents is 1. The number of nitrogens with zero attached hydrogens (tertiary/aromatic N) is 3. The third kappa shape index (κ3) is 2.84. The number of hydrogen-bond acceptors (Lipinski definition) is 6. The molecule has 2 N–H and O–H groups in total. The number of benzene rings is 1. The molecule has 24 heavy (non-hydrogen) atoms. The first-order chi connectivity index (χ1) is 11.4. The number of carbonyl (C=O) groups excluding carboxylic acids is 1. The molecule has 0 spiro atoms. The Bertz CT molecular complexity index is 983. The van der Waals surface area contributed by atoms with Crippen LogP contribution in [0.3, 0.4) is 0 Å². The summed E-state index contributed by atoms with van der Waals surface area (Å²) in [7, 11) is -4.25. The second-order valence-electron chi connectivity index (χ2n) is 4.71. The van der Waals surface area contributed by atoms with Crippen LogP contribution in [0.25, 0.3) is 0 Å². The molecule has 0 aliphatic carbocycles. The Morgan fingerprint density at radius 2 is 1.96 bits per heavy atom. The molecule has 3 rings (SSSR count). The maximum atomic E-state index is 14.6. The van der Waals surface area contributed by atoms with Crippen LogP contribution >= 0.6 is 0 Å². The quantitative estimate of drug-likeness (QED) is 0.696. The monoisotopic (exact) mass is 348 g/mol. The Balaban J connectivity index is 2.07. The first kappa shape index (κ1) is 15.7. The van der Waals surface area contributed by atoms with Gasteiger partial charge in [0.15, 0.2) is 5.82 Å². The summed E-state index contributed by atoms with van der Waals surface area (Å²) in [4.78, 5) is 18.8. The molecule has 0 radical (unpaired) electrons. The van der Waals surface area contributed by atoms with Crippen molar-refractivity contribution in [3.63, 3.8) is 0 Å². The first-order valence-corrected chi connectivity index (χ1v) is 7.94. The number of carbonyl (C=O) groups is 1. The minimum absolute atomic E-state index is 0.152. The van der Waals surface area contributed by atoms with Crippen molar-refractivity contribution in [2.75, 3.05) is 10.8 Å². The van der Waals surface area contributed by atoms with E-state index in [9.17, 15) is 22.7 Å². The number of hydrogen-bond donors (Lipinski definition) is 2. The molecule has 8 nitrogen and oxygen atoms in total. The van der Waals surface area contributed by atoms with Gasteiger partial charge in [0.05, 0.1) is 11.1 Å². The molecule has 0 unspecified atom stereocenters. The summed E-state index contributed by atoms with van der Waals surface area (Å²) in [6.45, 7) is -0.629. The highest BCUT2D eigenvalue weighted by atomic mass is 32.2. The van der Waals surface area contributed by atoms with Crippen LogP contribution in [0, 0.1) is 17.7 Å². The van der Waals surface area contributed by atoms with Gasteiger partial charge in [-0.2, -0.15) is 8.42 Å². The van der Waals surface area contributed by atoms with Crippen molar-refractivity contribution in [3.05, 3.63) is 47.8 Å². The number of aromatic hydroxyl groups is 1. The lowest BCUT2D eigenvalue weighted by atomic mass is 10.1. The fourth-order valence-electron chi connectivity index (χ4n) is 2.04. The van der Waals surface area contributed by atoms with Crippen LogP contribution in [-0.4, -0.2) is 35.9 Å². The predicted octanol–water partition coefficient (Wildman–Crippen LogP) is -0.0979. The van der Waals surface area contributed by atoms with Gasteiger partial charge < -0.3 is 5.11 Å². The number of nitrogens with one attached hydrogen (secondary N) is 1. The van der Waals surface area contributed by atoms with Gasteiger partial charge in [-0.3, -0.25) is 4.79 Å². The minimum atomic E-state index is -4.25. The first-order valence-electron chi connectivity index (χ1n) is 6.50. The van der Waals surface area contributed by atoms with Gasteiger partial charge >= 0.3 is 10.2 Å². The Labute approximate surface area is 136 Å². The van der Waals surface area contributed by atoms with E-state index in [1.165, 1.54) is 24.8 Å². The molecule has 122 valence electrons. The number of amides is 1. The topological polar surface area (TPSA) is 112 Å². The zero-order valence-corrected chi connectivity index (χ0v) is 12.7. The lowest BCUT2D eigenvalue weighted by Crippen LogP contribution is -2.30. The number of rotatable bonds is 1. The third-order valence-electron chi connectivity index (χ3n) is 3.07. The number of aromatic nitrogens is 2. The van der Waals surface area contributed by atoms with Crippen LogP contribution in [0.2, 0.25) is 0 Å². The molecule has 1 aromatic carbocycles. The van der Waals surface area contributed by atoms with Crippen LogP contribution in [0.15, 0.2) is 30.9 Å². The average Bonchev–Trinajstić information content (AvgIpc) is 2.80. The van der Waals surface area contributed by atoms with E-state index in [4.69, 9.17) is 0 Å². The fourth-order valence-corrected chi connectivity index (χ4v) is 3.20. The summed E-state index contributed by atoms with van der Waals surface area (Å²) in [5.41, 5.74) is -0.358. The van der Waals surface area contributed by atoms with Crippen LogP contribution in [-0.2, 0) is 15.0 Å². The molecule has 2 aromatic rings. The van der Waals surface area contributed by atoms with Gasteiger partial charge in [-0.25, -0.2) is 23.4 Å². The van der Waals surface area contributed by atoms with Crippen LogP contribution < -0.4 is 9.03 Å². The molecule has 0 atom stereocenters. The van der Waals surface area contributed by atoms with E-state index in [-0.39, 0.29) is 5.56 Å². The summed E-state index contributed by atoms with van der Waals surface area (Å²) in [5, 5.41) is 9.83. The second kappa shape index (κ2) is 5.78. The maximum Gasteiger partial charge on any atom is 0.326 e. The average molecular weight is 348 g/mol. The standard InChI is InChI=1S/C14H9FN4O4S/c15-13-10(2-1-9-5-16-8-17-6-9)3-4-11(20)14(13)19-7-12(21)18-24(19,22)23/h3-6,8,20H,7H2,(H,18,21). The van der Waals surface area contributed by atoms with Gasteiger partial charge in [0.1, 0.15) is 24.3 Å². The number of halogens is 1. The fraction of sp³-hybridized carbons (Fsp3) is 0.0714. The molecular formula is C14H9FN4O4S.